The zero-order chi connectivity index (χ0) is 28.4. The minimum atomic E-state index is -4.09. The van der Waals surface area contributed by atoms with E-state index in [2.05, 4.69) is 21.2 Å². The molecule has 0 spiro atoms. The number of fused-ring (bicyclic) bond motifs is 2. The molecule has 1 aliphatic rings. The number of benzene rings is 2. The fraction of sp³-hybridized carbons (Fsp3) is 0.345. The number of sulfonamides is 1. The van der Waals surface area contributed by atoms with Crippen molar-refractivity contribution >= 4 is 32.7 Å². The maximum Gasteiger partial charge on any atom is 0.323 e. The topological polar surface area (TPSA) is 135 Å². The number of aliphatic carboxylic acids is 1. The molecule has 11 heteroatoms. The van der Waals surface area contributed by atoms with Crippen LogP contribution in [0.15, 0.2) is 53.6 Å². The van der Waals surface area contributed by atoms with Gasteiger partial charge in [0.25, 0.3) is 0 Å². The second-order valence-corrected chi connectivity index (χ2v) is 11.9. The first-order valence-electron chi connectivity index (χ1n) is 13.2. The maximum atomic E-state index is 13.2. The van der Waals surface area contributed by atoms with Gasteiger partial charge in [-0.2, -0.15) is 9.82 Å². The number of carbonyl (C=O) groups is 1. The SMILES string of the molecule is Cc1cc(C)c(S(=O)(=O)NC(Cn2ncc3cc(OCCc4ccc5c(n4)NCCC5)ccc32)C(=O)O)c(C)c1. The third kappa shape index (κ3) is 5.95. The van der Waals surface area contributed by atoms with Gasteiger partial charge in [-0.15, -0.1) is 0 Å². The van der Waals surface area contributed by atoms with Gasteiger partial charge >= 0.3 is 5.97 Å². The fourth-order valence-electron chi connectivity index (χ4n) is 5.26. The van der Waals surface area contributed by atoms with Crippen molar-refractivity contribution in [1.82, 2.24) is 19.5 Å². The molecule has 210 valence electrons. The lowest BCUT2D eigenvalue weighted by atomic mass is 10.1. The Morgan fingerprint density at radius 3 is 2.67 bits per heavy atom. The van der Waals surface area contributed by atoms with Crippen LogP contribution in [0.1, 0.15) is 34.4 Å². The molecule has 40 heavy (non-hydrogen) atoms. The third-order valence-electron chi connectivity index (χ3n) is 7.02. The van der Waals surface area contributed by atoms with Crippen LogP contribution < -0.4 is 14.8 Å². The lowest BCUT2D eigenvalue weighted by molar-refractivity contribution is -0.139. The van der Waals surface area contributed by atoms with Gasteiger partial charge in [0.2, 0.25) is 10.0 Å². The van der Waals surface area contributed by atoms with Crippen molar-refractivity contribution in [3.63, 3.8) is 0 Å². The molecule has 0 aliphatic carbocycles. The summed E-state index contributed by atoms with van der Waals surface area (Å²) in [6.45, 7) is 6.50. The van der Waals surface area contributed by atoms with E-state index in [-0.39, 0.29) is 11.4 Å². The van der Waals surface area contributed by atoms with E-state index in [4.69, 9.17) is 9.72 Å². The summed E-state index contributed by atoms with van der Waals surface area (Å²) in [5.74, 6) is 0.327. The van der Waals surface area contributed by atoms with Gasteiger partial charge in [-0.05, 0) is 74.6 Å². The van der Waals surface area contributed by atoms with E-state index >= 15 is 0 Å². The largest absolute Gasteiger partial charge is 0.493 e. The molecule has 10 nitrogen and oxygen atoms in total. The summed E-state index contributed by atoms with van der Waals surface area (Å²) < 4.78 is 36.2. The quantitative estimate of drug-likeness (QED) is 0.265. The minimum absolute atomic E-state index is 0.0957. The van der Waals surface area contributed by atoms with Crippen molar-refractivity contribution in [1.29, 1.82) is 0 Å². The van der Waals surface area contributed by atoms with Gasteiger partial charge < -0.3 is 15.2 Å². The lowest BCUT2D eigenvalue weighted by Gasteiger charge is -2.18. The minimum Gasteiger partial charge on any atom is -0.493 e. The van der Waals surface area contributed by atoms with Crippen LogP contribution in [0.3, 0.4) is 0 Å². The van der Waals surface area contributed by atoms with E-state index < -0.39 is 22.0 Å². The number of aromatic nitrogens is 3. The molecule has 5 rings (SSSR count). The van der Waals surface area contributed by atoms with Crippen LogP contribution in [0.2, 0.25) is 0 Å². The Balaban J connectivity index is 1.26. The number of nitrogens with one attached hydrogen (secondary N) is 2. The number of carboxylic acid groups (broad SMARTS) is 1. The molecule has 0 radical (unpaired) electrons. The molecule has 3 heterocycles. The molecule has 1 aliphatic heterocycles. The molecular formula is C29H33N5O5S. The van der Waals surface area contributed by atoms with E-state index in [1.165, 1.54) is 10.2 Å². The number of rotatable bonds is 10. The molecule has 0 saturated heterocycles. The highest BCUT2D eigenvalue weighted by Gasteiger charge is 2.29. The number of nitrogens with zero attached hydrogens (tertiary/aromatic N) is 3. The first kappa shape index (κ1) is 27.6. The number of ether oxygens (including phenoxy) is 1. The van der Waals surface area contributed by atoms with Crippen molar-refractivity contribution in [2.45, 2.75) is 57.5 Å². The highest BCUT2D eigenvalue weighted by Crippen LogP contribution is 2.24. The Kier molecular flexibility index (Phi) is 7.77. The van der Waals surface area contributed by atoms with Crippen molar-refractivity contribution in [3.05, 3.63) is 76.6 Å². The van der Waals surface area contributed by atoms with Crippen molar-refractivity contribution in [2.24, 2.45) is 0 Å². The van der Waals surface area contributed by atoms with Gasteiger partial charge in [0, 0.05) is 24.0 Å². The van der Waals surface area contributed by atoms with Crippen LogP contribution in [0.4, 0.5) is 5.82 Å². The van der Waals surface area contributed by atoms with Gasteiger partial charge in [-0.1, -0.05) is 23.8 Å². The molecule has 0 amide bonds. The molecule has 2 aromatic heterocycles. The van der Waals surface area contributed by atoms with E-state index in [0.29, 0.717) is 35.4 Å². The lowest BCUT2D eigenvalue weighted by Crippen LogP contribution is -2.44. The van der Waals surface area contributed by atoms with Crippen molar-refractivity contribution in [2.75, 3.05) is 18.5 Å². The summed E-state index contributed by atoms with van der Waals surface area (Å²) in [7, 11) is -4.09. The second-order valence-electron chi connectivity index (χ2n) is 10.2. The number of aryl methyl sites for hydroxylation is 4. The van der Waals surface area contributed by atoms with Gasteiger partial charge in [0.05, 0.1) is 29.8 Å². The highest BCUT2D eigenvalue weighted by molar-refractivity contribution is 7.89. The number of carboxylic acids is 1. The zero-order valence-corrected chi connectivity index (χ0v) is 23.6. The van der Waals surface area contributed by atoms with E-state index in [0.717, 1.165) is 41.8 Å². The predicted octanol–water partition coefficient (Wildman–Crippen LogP) is 3.77. The monoisotopic (exact) mass is 563 g/mol. The summed E-state index contributed by atoms with van der Waals surface area (Å²) in [6.07, 6.45) is 4.44. The Morgan fingerprint density at radius 1 is 1.15 bits per heavy atom. The second kappa shape index (κ2) is 11.3. The van der Waals surface area contributed by atoms with Crippen LogP contribution in [0.5, 0.6) is 5.75 Å². The first-order valence-corrected chi connectivity index (χ1v) is 14.7. The van der Waals surface area contributed by atoms with Crippen LogP contribution >= 0.6 is 0 Å². The van der Waals surface area contributed by atoms with Gasteiger partial charge in [-0.3, -0.25) is 9.48 Å². The average molecular weight is 564 g/mol. The molecule has 1 unspecified atom stereocenters. The molecule has 1 atom stereocenters. The number of hydrogen-bond acceptors (Lipinski definition) is 7. The van der Waals surface area contributed by atoms with Crippen LogP contribution in [0.25, 0.3) is 10.9 Å². The Bertz CT molecular complexity index is 1660. The molecule has 0 bridgehead atoms. The molecule has 2 aromatic carbocycles. The fourth-order valence-corrected chi connectivity index (χ4v) is 6.89. The first-order chi connectivity index (χ1) is 19.1. The summed E-state index contributed by atoms with van der Waals surface area (Å²) >= 11 is 0. The highest BCUT2D eigenvalue weighted by atomic mass is 32.2. The van der Waals surface area contributed by atoms with Crippen LogP contribution in [-0.4, -0.2) is 53.5 Å². The predicted molar refractivity (Wildman–Crippen MR) is 152 cm³/mol. The molecule has 0 fully saturated rings. The zero-order valence-electron chi connectivity index (χ0n) is 22.8. The van der Waals surface area contributed by atoms with Crippen molar-refractivity contribution < 1.29 is 23.1 Å². The van der Waals surface area contributed by atoms with Gasteiger partial charge in [0.1, 0.15) is 17.6 Å². The smallest absolute Gasteiger partial charge is 0.323 e. The van der Waals surface area contributed by atoms with Crippen LogP contribution in [0, 0.1) is 20.8 Å². The Morgan fingerprint density at radius 2 is 1.93 bits per heavy atom. The summed E-state index contributed by atoms with van der Waals surface area (Å²) in [5, 5.41) is 18.3. The number of hydrogen-bond donors (Lipinski definition) is 3. The van der Waals surface area contributed by atoms with E-state index in [9.17, 15) is 18.3 Å². The molecule has 4 aromatic rings. The van der Waals surface area contributed by atoms with Gasteiger partial charge in [-0.25, -0.2) is 13.4 Å². The average Bonchev–Trinajstić information content (AvgIpc) is 3.29. The normalized spacial score (nSPS) is 14.0. The number of pyridine rings is 1. The molecule has 3 N–H and O–H groups in total. The standard InChI is InChI=1S/C29H33N5O5S/c1-18-13-19(2)27(20(3)14-18)40(37,38)33-25(29(35)36)17-34-26-9-8-24(15-22(26)16-31-34)39-12-10-23-7-6-21-5-4-11-30-28(21)32-23/h6-9,13-16,25,33H,4-5,10-12,17H2,1-3H3,(H,30,32)(H,35,36). The van der Waals surface area contributed by atoms with Gasteiger partial charge in [0.15, 0.2) is 0 Å². The van der Waals surface area contributed by atoms with Crippen LogP contribution in [-0.2, 0) is 34.2 Å². The maximum absolute atomic E-state index is 13.2. The van der Waals surface area contributed by atoms with Crippen molar-refractivity contribution in [3.8, 4) is 5.75 Å². The molecule has 0 saturated carbocycles. The third-order valence-corrected chi connectivity index (χ3v) is 8.79. The molecular weight excluding hydrogens is 530 g/mol. The summed E-state index contributed by atoms with van der Waals surface area (Å²) in [6, 6.07) is 11.7. The Labute approximate surface area is 233 Å². The Hall–Kier alpha value is -3.96. The number of anilines is 1. The van der Waals surface area contributed by atoms with E-state index in [1.807, 2.05) is 19.1 Å². The summed E-state index contributed by atoms with van der Waals surface area (Å²) in [4.78, 5) is 16.9. The van der Waals surface area contributed by atoms with E-state index in [1.54, 1.807) is 44.3 Å². The summed E-state index contributed by atoms with van der Waals surface area (Å²) in [5.41, 5.74) is 4.93.